The van der Waals surface area contributed by atoms with Crippen molar-refractivity contribution in [3.8, 4) is 16.8 Å². The van der Waals surface area contributed by atoms with E-state index in [0.29, 0.717) is 5.46 Å². The van der Waals surface area contributed by atoms with E-state index in [1.807, 2.05) is 65.0 Å². The average Bonchev–Trinajstić information content (AvgIpc) is 3.25. The molecule has 3 nitrogen and oxygen atoms in total. The summed E-state index contributed by atoms with van der Waals surface area (Å²) < 4.78 is 2.24. The van der Waals surface area contributed by atoms with Crippen molar-refractivity contribution in [3.05, 3.63) is 103 Å². The second-order valence-electron chi connectivity index (χ2n) is 6.89. The fourth-order valence-corrected chi connectivity index (χ4v) is 3.53. The predicted molar refractivity (Wildman–Crippen MR) is 145 cm³/mol. The van der Waals surface area contributed by atoms with Crippen molar-refractivity contribution in [1.29, 1.82) is 0 Å². The topological polar surface area (TPSA) is 45.4 Å². The van der Waals surface area contributed by atoms with Crippen LogP contribution >= 0.6 is 0 Å². The fourth-order valence-electron chi connectivity index (χ4n) is 3.53. The summed E-state index contributed by atoms with van der Waals surface area (Å²) in [4.78, 5) is 0. The monoisotopic (exact) mass is 439 g/mol. The van der Waals surface area contributed by atoms with Crippen molar-refractivity contribution >= 4 is 29.6 Å². The number of rotatable bonds is 5. The van der Waals surface area contributed by atoms with Crippen LogP contribution in [0.5, 0.6) is 0 Å². The molecule has 170 valence electrons. The first-order chi connectivity index (χ1) is 16.2. The van der Waals surface area contributed by atoms with E-state index < -0.39 is 7.12 Å². The first kappa shape index (κ1) is 25.9. The van der Waals surface area contributed by atoms with E-state index >= 15 is 0 Å². The standard InChI is InChI=1S/C25H22BNO2.2C2H6/c1-2-3-4-11-24-18-21-8-5-6-12-25(21)27(24)23-15-13-19(14-16-23)20-9-7-10-22(17-20)26(28)29;2*1-2/h2-18,28-29H,1H3;2*1-2H3/b3-2-,11-4-;;. The molecule has 0 atom stereocenters. The van der Waals surface area contributed by atoms with Crippen molar-refractivity contribution in [3.63, 3.8) is 0 Å². The van der Waals surface area contributed by atoms with Gasteiger partial charge in [0.15, 0.2) is 0 Å². The van der Waals surface area contributed by atoms with Gasteiger partial charge in [-0.1, -0.05) is 101 Å². The van der Waals surface area contributed by atoms with E-state index in [0.717, 1.165) is 28.0 Å². The summed E-state index contributed by atoms with van der Waals surface area (Å²) in [5, 5.41) is 20.0. The summed E-state index contributed by atoms with van der Waals surface area (Å²) in [5.41, 5.74) is 5.81. The number of aromatic nitrogens is 1. The maximum atomic E-state index is 9.43. The van der Waals surface area contributed by atoms with Gasteiger partial charge in [0.2, 0.25) is 0 Å². The molecule has 0 fully saturated rings. The zero-order valence-electron chi connectivity index (χ0n) is 20.2. The third-order valence-electron chi connectivity index (χ3n) is 4.95. The lowest BCUT2D eigenvalue weighted by Gasteiger charge is -2.11. The van der Waals surface area contributed by atoms with Crippen molar-refractivity contribution in [2.24, 2.45) is 0 Å². The van der Waals surface area contributed by atoms with Gasteiger partial charge in [0, 0.05) is 16.8 Å². The van der Waals surface area contributed by atoms with Crippen LogP contribution in [-0.2, 0) is 0 Å². The van der Waals surface area contributed by atoms with E-state index in [-0.39, 0.29) is 0 Å². The Morgan fingerprint density at radius 2 is 1.42 bits per heavy atom. The summed E-state index contributed by atoms with van der Waals surface area (Å²) >= 11 is 0. The summed E-state index contributed by atoms with van der Waals surface area (Å²) in [6.07, 6.45) is 8.19. The van der Waals surface area contributed by atoms with Crippen LogP contribution in [0.15, 0.2) is 97.1 Å². The number of allylic oxidation sites excluding steroid dienone is 3. The van der Waals surface area contributed by atoms with Crippen molar-refractivity contribution in [2.45, 2.75) is 34.6 Å². The lowest BCUT2D eigenvalue weighted by molar-refractivity contribution is 0.426. The highest BCUT2D eigenvalue weighted by Gasteiger charge is 2.12. The van der Waals surface area contributed by atoms with Crippen molar-refractivity contribution < 1.29 is 10.0 Å². The van der Waals surface area contributed by atoms with Crippen LogP contribution in [-0.4, -0.2) is 21.7 Å². The Morgan fingerprint density at radius 3 is 2.09 bits per heavy atom. The quantitative estimate of drug-likeness (QED) is 0.271. The van der Waals surface area contributed by atoms with Crippen molar-refractivity contribution in [1.82, 2.24) is 4.57 Å². The number of benzene rings is 3. The maximum absolute atomic E-state index is 9.43. The zero-order chi connectivity index (χ0) is 24.2. The molecule has 0 amide bonds. The van der Waals surface area contributed by atoms with Crippen LogP contribution in [0.2, 0.25) is 0 Å². The molecule has 2 N–H and O–H groups in total. The molecule has 0 radical (unpaired) electrons. The second-order valence-corrected chi connectivity index (χ2v) is 6.89. The maximum Gasteiger partial charge on any atom is 0.488 e. The third-order valence-corrected chi connectivity index (χ3v) is 4.95. The summed E-state index contributed by atoms with van der Waals surface area (Å²) in [6.45, 7) is 10.0. The van der Waals surface area contributed by atoms with E-state index in [2.05, 4.69) is 65.2 Å². The molecule has 1 aromatic heterocycles. The molecular weight excluding hydrogens is 405 g/mol. The predicted octanol–water partition coefficient (Wildman–Crippen LogP) is 6.62. The molecule has 0 aliphatic carbocycles. The van der Waals surface area contributed by atoms with Gasteiger partial charge in [-0.05, 0) is 53.9 Å². The highest BCUT2D eigenvalue weighted by atomic mass is 16.4. The third kappa shape index (κ3) is 6.35. The summed E-state index contributed by atoms with van der Waals surface area (Å²) in [5.74, 6) is 0. The highest BCUT2D eigenvalue weighted by Crippen LogP contribution is 2.27. The molecule has 0 aliphatic rings. The Kier molecular flexibility index (Phi) is 10.4. The van der Waals surface area contributed by atoms with Crippen LogP contribution < -0.4 is 5.46 Å². The van der Waals surface area contributed by atoms with E-state index in [9.17, 15) is 10.0 Å². The van der Waals surface area contributed by atoms with Crippen LogP contribution in [0.4, 0.5) is 0 Å². The van der Waals surface area contributed by atoms with E-state index in [1.54, 1.807) is 12.1 Å². The molecule has 0 bridgehead atoms. The van der Waals surface area contributed by atoms with Gasteiger partial charge in [-0.3, -0.25) is 0 Å². The molecule has 4 rings (SSSR count). The lowest BCUT2D eigenvalue weighted by atomic mass is 9.79. The van der Waals surface area contributed by atoms with Crippen LogP contribution in [0.25, 0.3) is 33.8 Å². The molecule has 1 heterocycles. The molecule has 0 unspecified atom stereocenters. The molecule has 33 heavy (non-hydrogen) atoms. The Labute approximate surface area is 198 Å². The number of nitrogens with zero attached hydrogens (tertiary/aromatic N) is 1. The van der Waals surface area contributed by atoms with E-state index in [4.69, 9.17) is 0 Å². The van der Waals surface area contributed by atoms with Gasteiger partial charge in [-0.15, -0.1) is 0 Å². The van der Waals surface area contributed by atoms with Crippen LogP contribution in [0.1, 0.15) is 40.3 Å². The Bertz CT molecular complexity index is 1190. The van der Waals surface area contributed by atoms with Crippen LogP contribution in [0, 0.1) is 0 Å². The molecule has 0 aliphatic heterocycles. The summed E-state index contributed by atoms with van der Waals surface area (Å²) in [6, 6.07) is 26.2. The van der Waals surface area contributed by atoms with Gasteiger partial charge in [0.25, 0.3) is 0 Å². The van der Waals surface area contributed by atoms with Crippen LogP contribution in [0.3, 0.4) is 0 Å². The minimum Gasteiger partial charge on any atom is -0.423 e. The SMILES string of the molecule is C/C=C\C=C/c1cc2ccccc2n1-c1ccc(-c2cccc(B(O)O)c2)cc1.CC.CC. The minimum absolute atomic E-state index is 0.486. The number of hydrogen-bond acceptors (Lipinski definition) is 2. The largest absolute Gasteiger partial charge is 0.488 e. The number of hydrogen-bond donors (Lipinski definition) is 2. The second kappa shape index (κ2) is 13.3. The van der Waals surface area contributed by atoms with Gasteiger partial charge in [0.05, 0.1) is 5.52 Å². The highest BCUT2D eigenvalue weighted by molar-refractivity contribution is 6.58. The molecule has 4 heteroatoms. The number of para-hydroxylation sites is 1. The number of fused-ring (bicyclic) bond motifs is 1. The molecule has 3 aromatic carbocycles. The molecule has 0 spiro atoms. The molecule has 0 saturated heterocycles. The van der Waals surface area contributed by atoms with Gasteiger partial charge < -0.3 is 14.6 Å². The van der Waals surface area contributed by atoms with E-state index in [1.165, 1.54) is 5.39 Å². The van der Waals surface area contributed by atoms with Gasteiger partial charge in [-0.25, -0.2) is 0 Å². The Balaban J connectivity index is 0.000000914. The summed E-state index contributed by atoms with van der Waals surface area (Å²) in [7, 11) is -1.47. The first-order valence-corrected chi connectivity index (χ1v) is 11.6. The zero-order valence-corrected chi connectivity index (χ0v) is 20.2. The molecule has 4 aromatic rings. The lowest BCUT2D eigenvalue weighted by Crippen LogP contribution is -2.29. The van der Waals surface area contributed by atoms with Gasteiger partial charge >= 0.3 is 7.12 Å². The first-order valence-electron chi connectivity index (χ1n) is 11.6. The average molecular weight is 439 g/mol. The molecular formula is C29H34BNO2. The van der Waals surface area contributed by atoms with Gasteiger partial charge in [-0.2, -0.15) is 0 Å². The smallest absolute Gasteiger partial charge is 0.423 e. The minimum atomic E-state index is -1.47. The fraction of sp³-hybridized carbons (Fsp3) is 0.172. The normalized spacial score (nSPS) is 10.6. The Hall–Kier alpha value is -3.34. The van der Waals surface area contributed by atoms with Crippen molar-refractivity contribution in [2.75, 3.05) is 0 Å². The molecule has 0 saturated carbocycles. The van der Waals surface area contributed by atoms with Gasteiger partial charge in [0.1, 0.15) is 0 Å². The Morgan fingerprint density at radius 1 is 0.727 bits per heavy atom.